The summed E-state index contributed by atoms with van der Waals surface area (Å²) in [5.41, 5.74) is 0.730. The molecule has 0 fully saturated rings. The molecular formula is C11H16ClNO2S. The van der Waals surface area contributed by atoms with Gasteiger partial charge in [-0.05, 0) is 19.1 Å². The molecule has 0 aliphatic rings. The van der Waals surface area contributed by atoms with Gasteiger partial charge in [0.15, 0.2) is 9.84 Å². The molecule has 16 heavy (non-hydrogen) atoms. The SMILES string of the molecule is CCN(CCCl)c1ccccc1S(C)(=O)=O. The zero-order chi connectivity index (χ0) is 12.2. The molecule has 0 heterocycles. The summed E-state index contributed by atoms with van der Waals surface area (Å²) in [7, 11) is -3.19. The van der Waals surface area contributed by atoms with Crippen LogP contribution in [0, 0.1) is 0 Å². The molecule has 1 rings (SSSR count). The summed E-state index contributed by atoms with van der Waals surface area (Å²) in [5.74, 6) is 0.478. The van der Waals surface area contributed by atoms with E-state index in [4.69, 9.17) is 11.6 Å². The third-order valence-corrected chi connectivity index (χ3v) is 3.65. The molecule has 0 amide bonds. The Kier molecular flexibility index (Phi) is 4.62. The van der Waals surface area contributed by atoms with Gasteiger partial charge in [-0.2, -0.15) is 0 Å². The van der Waals surface area contributed by atoms with Crippen molar-refractivity contribution in [3.05, 3.63) is 24.3 Å². The van der Waals surface area contributed by atoms with Crippen LogP contribution in [0.1, 0.15) is 6.92 Å². The van der Waals surface area contributed by atoms with Crippen LogP contribution in [0.4, 0.5) is 5.69 Å². The van der Waals surface area contributed by atoms with Gasteiger partial charge in [0.05, 0.1) is 10.6 Å². The van der Waals surface area contributed by atoms with E-state index in [-0.39, 0.29) is 0 Å². The summed E-state index contributed by atoms with van der Waals surface area (Å²) < 4.78 is 23.2. The van der Waals surface area contributed by atoms with Crippen molar-refractivity contribution in [3.63, 3.8) is 0 Å². The zero-order valence-corrected chi connectivity index (χ0v) is 11.1. The molecule has 0 saturated carbocycles. The van der Waals surface area contributed by atoms with E-state index in [9.17, 15) is 8.42 Å². The molecular weight excluding hydrogens is 246 g/mol. The van der Waals surface area contributed by atoms with Crippen molar-refractivity contribution in [2.24, 2.45) is 0 Å². The summed E-state index contributed by atoms with van der Waals surface area (Å²) in [6.07, 6.45) is 1.22. The fraction of sp³-hybridized carbons (Fsp3) is 0.455. The van der Waals surface area contributed by atoms with E-state index in [2.05, 4.69) is 0 Å². The molecule has 0 N–H and O–H groups in total. The first-order valence-electron chi connectivity index (χ1n) is 5.10. The van der Waals surface area contributed by atoms with Gasteiger partial charge in [0, 0.05) is 25.2 Å². The number of benzene rings is 1. The molecule has 0 saturated heterocycles. The van der Waals surface area contributed by atoms with E-state index in [1.165, 1.54) is 6.26 Å². The number of para-hydroxylation sites is 1. The molecule has 0 aliphatic heterocycles. The van der Waals surface area contributed by atoms with Gasteiger partial charge in [-0.3, -0.25) is 0 Å². The Morgan fingerprint density at radius 3 is 2.44 bits per heavy atom. The Morgan fingerprint density at radius 1 is 1.31 bits per heavy atom. The van der Waals surface area contributed by atoms with Crippen LogP contribution >= 0.6 is 11.6 Å². The van der Waals surface area contributed by atoms with Crippen molar-refractivity contribution >= 4 is 27.1 Å². The lowest BCUT2D eigenvalue weighted by Crippen LogP contribution is -2.26. The average Bonchev–Trinajstić information content (AvgIpc) is 2.25. The molecule has 0 spiro atoms. The fourth-order valence-corrected chi connectivity index (χ4v) is 2.69. The summed E-state index contributed by atoms with van der Waals surface area (Å²) in [6.45, 7) is 3.36. The minimum atomic E-state index is -3.19. The number of halogens is 1. The standard InChI is InChI=1S/C11H16ClNO2S/c1-3-13(9-8-12)10-6-4-5-7-11(10)16(2,14)15/h4-7H,3,8-9H2,1-2H3. The van der Waals surface area contributed by atoms with Crippen molar-refractivity contribution < 1.29 is 8.42 Å². The first-order valence-corrected chi connectivity index (χ1v) is 7.53. The van der Waals surface area contributed by atoms with Crippen molar-refractivity contribution in [2.45, 2.75) is 11.8 Å². The Balaban J connectivity index is 3.22. The van der Waals surface area contributed by atoms with Crippen LogP contribution in [0.2, 0.25) is 0 Å². The molecule has 0 aliphatic carbocycles. The second-order valence-corrected chi connectivity index (χ2v) is 5.87. The van der Waals surface area contributed by atoms with Gasteiger partial charge in [-0.1, -0.05) is 12.1 Å². The van der Waals surface area contributed by atoms with Crippen LogP contribution in [0.15, 0.2) is 29.2 Å². The molecule has 0 unspecified atom stereocenters. The third kappa shape index (κ3) is 3.12. The highest BCUT2D eigenvalue weighted by atomic mass is 35.5. The van der Waals surface area contributed by atoms with E-state index in [1.54, 1.807) is 12.1 Å². The van der Waals surface area contributed by atoms with E-state index in [0.29, 0.717) is 17.3 Å². The van der Waals surface area contributed by atoms with Crippen LogP contribution in [0.5, 0.6) is 0 Å². The van der Waals surface area contributed by atoms with Crippen LogP contribution in [-0.2, 0) is 9.84 Å². The van der Waals surface area contributed by atoms with Gasteiger partial charge in [0.2, 0.25) is 0 Å². The lowest BCUT2D eigenvalue weighted by molar-refractivity contribution is 0.601. The van der Waals surface area contributed by atoms with Crippen molar-refractivity contribution in [2.75, 3.05) is 30.1 Å². The molecule has 1 aromatic rings. The van der Waals surface area contributed by atoms with Gasteiger partial charge >= 0.3 is 0 Å². The maximum Gasteiger partial charge on any atom is 0.177 e. The number of alkyl halides is 1. The van der Waals surface area contributed by atoms with E-state index >= 15 is 0 Å². The zero-order valence-electron chi connectivity index (χ0n) is 9.48. The normalized spacial score (nSPS) is 11.4. The van der Waals surface area contributed by atoms with Gasteiger partial charge in [0.25, 0.3) is 0 Å². The number of hydrogen-bond acceptors (Lipinski definition) is 3. The van der Waals surface area contributed by atoms with Gasteiger partial charge in [-0.15, -0.1) is 11.6 Å². The molecule has 0 atom stereocenters. The number of sulfone groups is 1. The molecule has 0 aromatic heterocycles. The monoisotopic (exact) mass is 261 g/mol. The molecule has 5 heteroatoms. The summed E-state index contributed by atoms with van der Waals surface area (Å²) in [4.78, 5) is 2.32. The topological polar surface area (TPSA) is 37.4 Å². The maximum absolute atomic E-state index is 11.6. The Bertz CT molecular complexity index is 445. The Morgan fingerprint density at radius 2 is 1.94 bits per heavy atom. The highest BCUT2D eigenvalue weighted by Gasteiger charge is 2.16. The summed E-state index contributed by atoms with van der Waals surface area (Å²) in [6, 6.07) is 7.00. The minimum Gasteiger partial charge on any atom is -0.370 e. The van der Waals surface area contributed by atoms with E-state index in [0.717, 1.165) is 12.2 Å². The lowest BCUT2D eigenvalue weighted by atomic mass is 10.3. The largest absolute Gasteiger partial charge is 0.370 e. The van der Waals surface area contributed by atoms with Gasteiger partial charge in [-0.25, -0.2) is 8.42 Å². The molecule has 0 radical (unpaired) electrons. The smallest absolute Gasteiger partial charge is 0.177 e. The van der Waals surface area contributed by atoms with Crippen LogP contribution < -0.4 is 4.90 Å². The molecule has 1 aromatic carbocycles. The molecule has 0 bridgehead atoms. The van der Waals surface area contributed by atoms with Crippen molar-refractivity contribution in [1.82, 2.24) is 0 Å². The average molecular weight is 262 g/mol. The van der Waals surface area contributed by atoms with E-state index < -0.39 is 9.84 Å². The first kappa shape index (κ1) is 13.3. The number of nitrogens with zero attached hydrogens (tertiary/aromatic N) is 1. The Hall–Kier alpha value is -0.740. The van der Waals surface area contributed by atoms with Crippen molar-refractivity contribution in [3.8, 4) is 0 Å². The highest BCUT2D eigenvalue weighted by Crippen LogP contribution is 2.24. The minimum absolute atomic E-state index is 0.363. The Labute approximate surface area is 102 Å². The highest BCUT2D eigenvalue weighted by molar-refractivity contribution is 7.90. The first-order chi connectivity index (χ1) is 7.50. The van der Waals surface area contributed by atoms with Crippen molar-refractivity contribution in [1.29, 1.82) is 0 Å². The van der Waals surface area contributed by atoms with Crippen LogP contribution in [0.3, 0.4) is 0 Å². The van der Waals surface area contributed by atoms with Crippen LogP contribution in [-0.4, -0.2) is 33.6 Å². The second kappa shape index (κ2) is 5.55. The predicted octanol–water partition coefficient (Wildman–Crippen LogP) is 2.16. The van der Waals surface area contributed by atoms with Crippen LogP contribution in [0.25, 0.3) is 0 Å². The molecule has 3 nitrogen and oxygen atoms in total. The predicted molar refractivity (Wildman–Crippen MR) is 68.2 cm³/mol. The summed E-state index contributed by atoms with van der Waals surface area (Å²) in [5, 5.41) is 0. The number of hydrogen-bond donors (Lipinski definition) is 0. The lowest BCUT2D eigenvalue weighted by Gasteiger charge is -2.24. The third-order valence-electron chi connectivity index (χ3n) is 2.34. The number of anilines is 1. The fourth-order valence-electron chi connectivity index (χ4n) is 1.58. The molecule has 90 valence electrons. The summed E-state index contributed by atoms with van der Waals surface area (Å²) >= 11 is 5.70. The second-order valence-electron chi connectivity index (χ2n) is 3.51. The van der Waals surface area contributed by atoms with Gasteiger partial charge < -0.3 is 4.90 Å². The maximum atomic E-state index is 11.6. The quantitative estimate of drug-likeness (QED) is 0.763. The number of rotatable bonds is 5. The van der Waals surface area contributed by atoms with E-state index in [1.807, 2.05) is 24.0 Å². The van der Waals surface area contributed by atoms with Gasteiger partial charge in [0.1, 0.15) is 0 Å².